The topological polar surface area (TPSA) is 22.0 Å². The van der Waals surface area contributed by atoms with Crippen LogP contribution in [0.15, 0.2) is 29.3 Å². The zero-order chi connectivity index (χ0) is 5.98. The van der Waals surface area contributed by atoms with E-state index in [4.69, 9.17) is 0 Å². The second kappa shape index (κ2) is 1.74. The summed E-state index contributed by atoms with van der Waals surface area (Å²) in [5.41, 5.74) is 0.0184. The quantitative estimate of drug-likeness (QED) is 0.443. The lowest BCUT2D eigenvalue weighted by Gasteiger charge is -2.00. The highest BCUT2D eigenvalue weighted by Gasteiger charge is 1.69. The van der Waals surface area contributed by atoms with E-state index in [0.29, 0.717) is 0 Å². The second-order valence-corrected chi connectivity index (χ2v) is 1.55. The predicted molar refractivity (Wildman–Crippen MR) is 31.5 cm³/mol. The highest BCUT2D eigenvalue weighted by atomic mass is 16.1. The van der Waals surface area contributed by atoms with Crippen LogP contribution in [0.1, 0.15) is 0 Å². The molecule has 0 N–H and O–H groups in total. The van der Waals surface area contributed by atoms with Gasteiger partial charge < -0.3 is 4.57 Å². The highest BCUT2D eigenvalue weighted by Crippen LogP contribution is 1.75. The summed E-state index contributed by atoms with van der Waals surface area (Å²) < 4.78 is 1.57. The monoisotopic (exact) mass is 108 g/mol. The average molecular weight is 108 g/mol. The van der Waals surface area contributed by atoms with E-state index >= 15 is 0 Å². The molecule has 1 aromatic heterocycles. The largest absolute Gasteiger partial charge is 0.493 e. The molecule has 0 spiro atoms. The van der Waals surface area contributed by atoms with Crippen LogP contribution in [0.2, 0.25) is 0 Å². The fourth-order valence-electron chi connectivity index (χ4n) is 0.444. The summed E-state index contributed by atoms with van der Waals surface area (Å²) in [6.07, 6.45) is 3.23. The summed E-state index contributed by atoms with van der Waals surface area (Å²) in [5.74, 6) is 0. The van der Waals surface area contributed by atoms with Gasteiger partial charge in [-0.25, -0.2) is 0 Å². The molecule has 0 aliphatic carbocycles. The van der Waals surface area contributed by atoms with E-state index in [2.05, 4.69) is 7.05 Å². The number of aromatic nitrogens is 1. The molecule has 1 aromatic rings. The summed E-state index contributed by atoms with van der Waals surface area (Å²) in [6.45, 7) is 0. The second-order valence-electron chi connectivity index (χ2n) is 1.55. The summed E-state index contributed by atoms with van der Waals surface area (Å²) >= 11 is 0. The van der Waals surface area contributed by atoms with Gasteiger partial charge in [0.05, 0.1) is 0 Å². The maximum absolute atomic E-state index is 10.4. The van der Waals surface area contributed by atoms with Crippen molar-refractivity contribution in [2.45, 2.75) is 0 Å². The van der Waals surface area contributed by atoms with Gasteiger partial charge in [0, 0.05) is 0 Å². The molecule has 8 heavy (non-hydrogen) atoms. The predicted octanol–water partition coefficient (Wildman–Crippen LogP) is 0.488. The van der Waals surface area contributed by atoms with Crippen molar-refractivity contribution in [1.29, 1.82) is 0 Å². The van der Waals surface area contributed by atoms with Crippen LogP contribution in [-0.2, 0) is 0 Å². The molecule has 0 fully saturated rings. The van der Waals surface area contributed by atoms with Gasteiger partial charge in [0.1, 0.15) is 0 Å². The van der Waals surface area contributed by atoms with Gasteiger partial charge in [-0.3, -0.25) is 4.79 Å². The smallest absolute Gasteiger partial charge is 0.157 e. The van der Waals surface area contributed by atoms with Crippen LogP contribution in [0.25, 0.3) is 0 Å². The summed E-state index contributed by atoms with van der Waals surface area (Å²) in [5, 5.41) is 0. The van der Waals surface area contributed by atoms with E-state index in [0.717, 1.165) is 0 Å². The van der Waals surface area contributed by atoms with Gasteiger partial charge in [-0.15, -0.1) is 7.05 Å². The lowest BCUT2D eigenvalue weighted by atomic mass is 10.5. The van der Waals surface area contributed by atoms with Crippen molar-refractivity contribution in [3.63, 3.8) is 0 Å². The molecule has 0 bridgehead atoms. The number of hydrogen-bond donors (Lipinski definition) is 0. The summed E-state index contributed by atoms with van der Waals surface area (Å²) in [4.78, 5) is 10.4. The minimum Gasteiger partial charge on any atom is -0.493 e. The zero-order valence-electron chi connectivity index (χ0n) is 4.37. The average Bonchev–Trinajstić information content (AvgIpc) is 1.77. The van der Waals surface area contributed by atoms with Crippen molar-refractivity contribution in [1.82, 2.24) is 4.57 Å². The zero-order valence-corrected chi connectivity index (χ0v) is 4.37. The summed E-state index contributed by atoms with van der Waals surface area (Å²) in [7, 11) is 3.54. The van der Waals surface area contributed by atoms with E-state index < -0.39 is 0 Å². The third-order valence-electron chi connectivity index (χ3n) is 0.861. The Morgan fingerprint density at radius 3 is 2.25 bits per heavy atom. The third kappa shape index (κ3) is 0.904. The molecule has 2 nitrogen and oxygen atoms in total. The molecule has 0 atom stereocenters. The van der Waals surface area contributed by atoms with E-state index in [-0.39, 0.29) is 5.43 Å². The minimum atomic E-state index is 0.0184. The molecular weight excluding hydrogens is 102 g/mol. The molecule has 0 amide bonds. The Balaban J connectivity index is 3.22. The Morgan fingerprint density at radius 2 is 1.88 bits per heavy atom. The molecule has 0 saturated heterocycles. The van der Waals surface area contributed by atoms with Crippen molar-refractivity contribution in [3.8, 4) is 0 Å². The molecule has 0 aliphatic heterocycles. The maximum Gasteiger partial charge on any atom is 0.157 e. The van der Waals surface area contributed by atoms with Crippen molar-refractivity contribution in [2.75, 3.05) is 0 Å². The summed E-state index contributed by atoms with van der Waals surface area (Å²) in [6, 6.07) is 2.93. The Labute approximate surface area is 47.4 Å². The lowest BCUT2D eigenvalue weighted by molar-refractivity contribution is 1.04. The molecule has 1 rings (SSSR count). The Bertz CT molecular complexity index is 206. The molecule has 0 unspecified atom stereocenters. The van der Waals surface area contributed by atoms with Gasteiger partial charge in [-0.2, -0.15) is 0 Å². The maximum atomic E-state index is 10.4. The van der Waals surface area contributed by atoms with Crippen molar-refractivity contribution >= 4 is 0 Å². The van der Waals surface area contributed by atoms with E-state index in [1.807, 2.05) is 0 Å². The molecule has 2 heteroatoms. The fourth-order valence-corrected chi connectivity index (χ4v) is 0.444. The highest BCUT2D eigenvalue weighted by molar-refractivity contribution is 4.93. The number of pyridine rings is 1. The molecule has 0 radical (unpaired) electrons. The molecule has 42 valence electrons. The van der Waals surface area contributed by atoms with E-state index in [1.165, 1.54) is 12.1 Å². The Kier molecular flexibility index (Phi) is 1.08. The first-order valence-corrected chi connectivity index (χ1v) is 2.28. The fraction of sp³-hybridized carbons (Fsp3) is 0. The minimum absolute atomic E-state index is 0.0184. The molecular formula is C6H6NO-. The SMILES string of the molecule is [CH2-]n1ccc(=O)cc1. The number of hydrogen-bond acceptors (Lipinski definition) is 1. The molecule has 0 aromatic carbocycles. The van der Waals surface area contributed by atoms with Gasteiger partial charge in [0.25, 0.3) is 0 Å². The van der Waals surface area contributed by atoms with Gasteiger partial charge in [0.2, 0.25) is 0 Å². The number of rotatable bonds is 0. The van der Waals surface area contributed by atoms with Crippen molar-refractivity contribution in [3.05, 3.63) is 41.8 Å². The molecule has 0 aliphatic rings. The van der Waals surface area contributed by atoms with Gasteiger partial charge in [-0.1, -0.05) is 24.5 Å². The Morgan fingerprint density at radius 1 is 1.38 bits per heavy atom. The standard InChI is InChI=1S/C6H6NO/c1-7-4-2-6(8)3-5-7/h2-5H,1H2/q-1. The van der Waals surface area contributed by atoms with Crippen LogP contribution in [0.4, 0.5) is 0 Å². The van der Waals surface area contributed by atoms with Crippen molar-refractivity contribution < 1.29 is 0 Å². The molecule has 0 saturated carbocycles. The van der Waals surface area contributed by atoms with Crippen LogP contribution >= 0.6 is 0 Å². The van der Waals surface area contributed by atoms with E-state index in [1.54, 1.807) is 17.0 Å². The third-order valence-corrected chi connectivity index (χ3v) is 0.861. The van der Waals surface area contributed by atoms with Crippen LogP contribution in [0.5, 0.6) is 0 Å². The first-order valence-electron chi connectivity index (χ1n) is 2.28. The first kappa shape index (κ1) is 4.97. The Hall–Kier alpha value is -1.18. The van der Waals surface area contributed by atoms with Crippen LogP contribution in [0.3, 0.4) is 0 Å². The van der Waals surface area contributed by atoms with Gasteiger partial charge in [-0.05, 0) is 0 Å². The van der Waals surface area contributed by atoms with Crippen LogP contribution in [0, 0.1) is 7.05 Å². The van der Waals surface area contributed by atoms with E-state index in [9.17, 15) is 4.79 Å². The first-order chi connectivity index (χ1) is 3.79. The van der Waals surface area contributed by atoms with Crippen LogP contribution < -0.4 is 5.43 Å². The molecule has 1 heterocycles. The van der Waals surface area contributed by atoms with Gasteiger partial charge >= 0.3 is 0 Å². The lowest BCUT2D eigenvalue weighted by Crippen LogP contribution is -1.97. The van der Waals surface area contributed by atoms with Crippen molar-refractivity contribution in [2.24, 2.45) is 0 Å². The van der Waals surface area contributed by atoms with Crippen LogP contribution in [-0.4, -0.2) is 4.57 Å². The normalized spacial score (nSPS) is 9.00. The number of nitrogens with zero attached hydrogens (tertiary/aromatic N) is 1. The van der Waals surface area contributed by atoms with Gasteiger partial charge in [0.15, 0.2) is 5.43 Å².